The van der Waals surface area contributed by atoms with Crippen molar-refractivity contribution in [1.82, 2.24) is 0 Å². The third-order valence-corrected chi connectivity index (χ3v) is 12.8. The van der Waals surface area contributed by atoms with E-state index >= 15 is 0 Å². The molecule has 6 heteroatoms. The molecule has 0 aliphatic rings. The van der Waals surface area contributed by atoms with E-state index in [0.717, 1.165) is 70.6 Å². The second-order valence-electron chi connectivity index (χ2n) is 19.7. The molecule has 0 saturated heterocycles. The molecule has 398 valence electrons. The van der Waals surface area contributed by atoms with Gasteiger partial charge in [-0.3, -0.25) is 14.4 Å². The fraction of sp³-hybridized carbons (Fsp3) is 0.762. The van der Waals surface area contributed by atoms with Crippen molar-refractivity contribution in [2.75, 3.05) is 13.2 Å². The lowest BCUT2D eigenvalue weighted by Gasteiger charge is -2.18. The number of hydrogen-bond donors (Lipinski definition) is 0. The SMILES string of the molecule is CC/C=C/C=C/C=C/C=C/CCCCCC(=O)OCC(COC(=O)CCCCCCCCCCCC/C=C/C=C/CCCCC)OC(=O)CCCCCCCCCCCCCCCCCCCCC. The first kappa shape index (κ1) is 65.8. The van der Waals surface area contributed by atoms with Crippen LogP contribution in [0.1, 0.15) is 290 Å². The second kappa shape index (κ2) is 57.4. The third kappa shape index (κ3) is 55.6. The lowest BCUT2D eigenvalue weighted by atomic mass is 10.0. The van der Waals surface area contributed by atoms with Gasteiger partial charge in [-0.1, -0.05) is 280 Å². The number of esters is 3. The zero-order valence-corrected chi connectivity index (χ0v) is 45.6. The Morgan fingerprint density at radius 1 is 0.304 bits per heavy atom. The molecule has 6 nitrogen and oxygen atoms in total. The maximum atomic E-state index is 12.9. The molecule has 0 aromatic carbocycles. The van der Waals surface area contributed by atoms with Crippen molar-refractivity contribution < 1.29 is 28.6 Å². The summed E-state index contributed by atoms with van der Waals surface area (Å²) >= 11 is 0. The quantitative estimate of drug-likeness (QED) is 0.0262. The molecule has 0 radical (unpaired) electrons. The van der Waals surface area contributed by atoms with Crippen molar-refractivity contribution in [1.29, 1.82) is 0 Å². The molecule has 0 fully saturated rings. The molecule has 0 amide bonds. The van der Waals surface area contributed by atoms with E-state index in [1.54, 1.807) is 0 Å². The van der Waals surface area contributed by atoms with Gasteiger partial charge in [0.05, 0.1) is 0 Å². The molecule has 1 atom stereocenters. The molecule has 0 N–H and O–H groups in total. The van der Waals surface area contributed by atoms with Crippen LogP contribution in [0.25, 0.3) is 0 Å². The maximum absolute atomic E-state index is 12.9. The van der Waals surface area contributed by atoms with Crippen LogP contribution in [0.4, 0.5) is 0 Å². The molecule has 1 unspecified atom stereocenters. The summed E-state index contributed by atoms with van der Waals surface area (Å²) in [5.41, 5.74) is 0. The largest absolute Gasteiger partial charge is 0.462 e. The highest BCUT2D eigenvalue weighted by atomic mass is 16.6. The minimum absolute atomic E-state index is 0.0878. The average Bonchev–Trinajstić information content (AvgIpc) is 3.35. The maximum Gasteiger partial charge on any atom is 0.306 e. The van der Waals surface area contributed by atoms with Crippen LogP contribution in [0.5, 0.6) is 0 Å². The minimum atomic E-state index is -0.792. The third-order valence-electron chi connectivity index (χ3n) is 12.8. The van der Waals surface area contributed by atoms with Crippen LogP contribution in [0, 0.1) is 0 Å². The Bertz CT molecular complexity index is 1290. The highest BCUT2D eigenvalue weighted by Gasteiger charge is 2.19. The van der Waals surface area contributed by atoms with Gasteiger partial charge in [0, 0.05) is 19.3 Å². The predicted molar refractivity (Wildman–Crippen MR) is 298 cm³/mol. The summed E-state index contributed by atoms with van der Waals surface area (Å²) in [6.45, 7) is 6.47. The molecule has 0 aliphatic carbocycles. The number of rotatable bonds is 53. The van der Waals surface area contributed by atoms with Crippen LogP contribution in [0.3, 0.4) is 0 Å². The Morgan fingerprint density at radius 2 is 0.565 bits per heavy atom. The van der Waals surface area contributed by atoms with Crippen LogP contribution >= 0.6 is 0 Å². The van der Waals surface area contributed by atoms with Crippen molar-refractivity contribution in [2.45, 2.75) is 297 Å². The van der Waals surface area contributed by atoms with E-state index in [-0.39, 0.29) is 31.1 Å². The molecule has 69 heavy (non-hydrogen) atoms. The Balaban J connectivity index is 4.36. The van der Waals surface area contributed by atoms with Gasteiger partial charge in [-0.25, -0.2) is 0 Å². The van der Waals surface area contributed by atoms with Gasteiger partial charge in [0.2, 0.25) is 0 Å². The highest BCUT2D eigenvalue weighted by Crippen LogP contribution is 2.17. The van der Waals surface area contributed by atoms with Gasteiger partial charge in [0.25, 0.3) is 0 Å². The Kier molecular flexibility index (Phi) is 54.8. The van der Waals surface area contributed by atoms with Gasteiger partial charge in [-0.05, 0) is 64.2 Å². The van der Waals surface area contributed by atoms with Gasteiger partial charge in [0.1, 0.15) is 13.2 Å². The molecular weight excluding hydrogens is 853 g/mol. The number of carbonyl (C=O) groups excluding carboxylic acids is 3. The molecule has 0 rings (SSSR count). The van der Waals surface area contributed by atoms with E-state index in [9.17, 15) is 14.4 Å². The van der Waals surface area contributed by atoms with E-state index in [0.29, 0.717) is 19.3 Å². The first-order chi connectivity index (χ1) is 34.0. The molecule has 0 aromatic heterocycles. The van der Waals surface area contributed by atoms with Gasteiger partial charge in [-0.15, -0.1) is 0 Å². The van der Waals surface area contributed by atoms with Crippen molar-refractivity contribution in [3.8, 4) is 0 Å². The lowest BCUT2D eigenvalue weighted by Crippen LogP contribution is -2.30. The minimum Gasteiger partial charge on any atom is -0.462 e. The average molecular weight is 964 g/mol. The topological polar surface area (TPSA) is 78.9 Å². The van der Waals surface area contributed by atoms with Crippen LogP contribution in [-0.4, -0.2) is 37.2 Å². The first-order valence-corrected chi connectivity index (χ1v) is 29.5. The number of carbonyl (C=O) groups is 3. The molecular formula is C63H110O6. The van der Waals surface area contributed by atoms with E-state index in [2.05, 4.69) is 63.3 Å². The second-order valence-corrected chi connectivity index (χ2v) is 19.7. The van der Waals surface area contributed by atoms with Gasteiger partial charge in [-0.2, -0.15) is 0 Å². The molecule has 0 heterocycles. The molecule has 0 aromatic rings. The normalized spacial score (nSPS) is 12.6. The van der Waals surface area contributed by atoms with Crippen LogP contribution in [-0.2, 0) is 28.6 Å². The molecule has 0 aliphatic heterocycles. The Hall–Kier alpha value is -3.15. The Labute approximate surface area is 427 Å². The van der Waals surface area contributed by atoms with Crippen LogP contribution < -0.4 is 0 Å². The van der Waals surface area contributed by atoms with E-state index < -0.39 is 6.10 Å². The molecule has 0 bridgehead atoms. The first-order valence-electron chi connectivity index (χ1n) is 29.5. The fourth-order valence-corrected chi connectivity index (χ4v) is 8.39. The zero-order valence-electron chi connectivity index (χ0n) is 45.6. The number of hydrogen-bond acceptors (Lipinski definition) is 6. The number of allylic oxidation sites excluding steroid dienone is 12. The van der Waals surface area contributed by atoms with Crippen LogP contribution in [0.15, 0.2) is 72.9 Å². The monoisotopic (exact) mass is 963 g/mol. The van der Waals surface area contributed by atoms with Crippen molar-refractivity contribution in [2.24, 2.45) is 0 Å². The highest BCUT2D eigenvalue weighted by molar-refractivity contribution is 5.71. The lowest BCUT2D eigenvalue weighted by molar-refractivity contribution is -0.167. The predicted octanol–water partition coefficient (Wildman–Crippen LogP) is 19.8. The summed E-state index contributed by atoms with van der Waals surface area (Å²) in [6.07, 6.45) is 73.3. The summed E-state index contributed by atoms with van der Waals surface area (Å²) < 4.78 is 16.9. The molecule has 0 saturated carbocycles. The van der Waals surface area contributed by atoms with E-state index in [4.69, 9.17) is 14.2 Å². The number of unbranched alkanes of at least 4 members (excludes halogenated alkanes) is 34. The van der Waals surface area contributed by atoms with Gasteiger partial charge >= 0.3 is 17.9 Å². The number of ether oxygens (including phenoxy) is 3. The van der Waals surface area contributed by atoms with E-state index in [1.165, 1.54) is 180 Å². The standard InChI is InChI=1S/C63H110O6/c1-4-7-10-13-16-19-22-25-27-29-31-33-35-38-41-44-47-50-53-56-62(65)68-59-60(58-67-61(64)55-52-49-46-43-40-37-24-21-18-15-12-9-6-3)69-63(66)57-54-51-48-45-42-39-36-34-32-30-28-26-23-20-17-14-11-8-5-2/h9,12,15-16,18-19,21-22,24-25,37,40,60H,4-8,10-11,13-14,17,20,23,26-36,38-39,41-59H2,1-3H3/b12-9+,18-15+,19-16+,24-21+,25-22+,40-37+. The smallest absolute Gasteiger partial charge is 0.306 e. The van der Waals surface area contributed by atoms with Crippen molar-refractivity contribution in [3.05, 3.63) is 72.9 Å². The molecule has 0 spiro atoms. The van der Waals surface area contributed by atoms with Gasteiger partial charge in [0.15, 0.2) is 6.10 Å². The summed E-state index contributed by atoms with van der Waals surface area (Å²) in [5.74, 6) is -0.919. The summed E-state index contributed by atoms with van der Waals surface area (Å²) in [7, 11) is 0. The zero-order chi connectivity index (χ0) is 50.0. The van der Waals surface area contributed by atoms with Crippen molar-refractivity contribution in [3.63, 3.8) is 0 Å². The van der Waals surface area contributed by atoms with Crippen molar-refractivity contribution >= 4 is 17.9 Å². The summed E-state index contributed by atoms with van der Waals surface area (Å²) in [4.78, 5) is 38.2. The Morgan fingerprint density at radius 3 is 0.942 bits per heavy atom. The summed E-state index contributed by atoms with van der Waals surface area (Å²) in [5, 5.41) is 0. The van der Waals surface area contributed by atoms with Gasteiger partial charge < -0.3 is 14.2 Å². The fourth-order valence-electron chi connectivity index (χ4n) is 8.39. The van der Waals surface area contributed by atoms with E-state index in [1.807, 2.05) is 30.4 Å². The summed E-state index contributed by atoms with van der Waals surface area (Å²) in [6, 6.07) is 0. The van der Waals surface area contributed by atoms with Crippen LogP contribution in [0.2, 0.25) is 0 Å².